The van der Waals surface area contributed by atoms with Crippen molar-refractivity contribution in [3.63, 3.8) is 0 Å². The van der Waals surface area contributed by atoms with Crippen molar-refractivity contribution in [1.82, 2.24) is 9.97 Å². The zero-order chi connectivity index (χ0) is 21.4. The minimum Gasteiger partial charge on any atom is -0.457 e. The van der Waals surface area contributed by atoms with Gasteiger partial charge in [-0.2, -0.15) is 0 Å². The van der Waals surface area contributed by atoms with Crippen LogP contribution in [0, 0.1) is 33.6 Å². The Morgan fingerprint density at radius 2 is 1.83 bits per heavy atom. The molecule has 0 atom stereocenters. The molecule has 1 aliphatic heterocycles. The quantitative estimate of drug-likeness (QED) is 0.423. The lowest BCUT2D eigenvalue weighted by Crippen LogP contribution is -2.37. The summed E-state index contributed by atoms with van der Waals surface area (Å²) < 4.78 is 5.37. The van der Waals surface area contributed by atoms with Crippen molar-refractivity contribution in [2.24, 2.45) is 5.92 Å². The van der Waals surface area contributed by atoms with Crippen LogP contribution in [0.25, 0.3) is 10.2 Å². The standard InChI is InChI=1S/C22H25N3O3S2/c1-12-9-17(15(4)29-12)18(26)10-28-22(27)16-5-7-25(8-6-16)20-19-13(2)14(3)30-21(19)24-11-23-20/h9,11,16H,5-8,10H2,1-4H3. The second-order valence-electron chi connectivity index (χ2n) is 7.78. The van der Waals surface area contributed by atoms with E-state index in [9.17, 15) is 9.59 Å². The highest BCUT2D eigenvalue weighted by molar-refractivity contribution is 7.18. The molecule has 0 aliphatic carbocycles. The van der Waals surface area contributed by atoms with Gasteiger partial charge in [-0.3, -0.25) is 9.59 Å². The number of aryl methyl sites for hydroxylation is 4. The van der Waals surface area contributed by atoms with E-state index in [1.165, 1.54) is 10.4 Å². The lowest BCUT2D eigenvalue weighted by atomic mass is 9.96. The molecule has 4 rings (SSSR count). The number of ketones is 1. The molecule has 0 N–H and O–H groups in total. The molecule has 158 valence electrons. The van der Waals surface area contributed by atoms with Gasteiger partial charge >= 0.3 is 5.97 Å². The summed E-state index contributed by atoms with van der Waals surface area (Å²) in [6.07, 6.45) is 3.00. The average molecular weight is 444 g/mol. The van der Waals surface area contributed by atoms with Crippen LogP contribution in [0.1, 0.15) is 43.4 Å². The van der Waals surface area contributed by atoms with Crippen molar-refractivity contribution in [1.29, 1.82) is 0 Å². The minimum absolute atomic E-state index is 0.130. The predicted molar refractivity (Wildman–Crippen MR) is 121 cm³/mol. The van der Waals surface area contributed by atoms with Gasteiger partial charge in [-0.25, -0.2) is 9.97 Å². The largest absolute Gasteiger partial charge is 0.457 e. The molecule has 6 nitrogen and oxygen atoms in total. The number of nitrogens with zero attached hydrogens (tertiary/aromatic N) is 3. The van der Waals surface area contributed by atoms with Gasteiger partial charge < -0.3 is 9.64 Å². The van der Waals surface area contributed by atoms with Gasteiger partial charge in [-0.05, 0) is 52.2 Å². The van der Waals surface area contributed by atoms with Crippen LogP contribution in [0.5, 0.6) is 0 Å². The van der Waals surface area contributed by atoms with E-state index in [0.717, 1.165) is 38.9 Å². The number of carbonyl (C=O) groups is 2. The molecule has 0 saturated carbocycles. The predicted octanol–water partition coefficient (Wildman–Crippen LogP) is 4.63. The van der Waals surface area contributed by atoms with Gasteiger partial charge in [0.25, 0.3) is 0 Å². The molecule has 8 heteroatoms. The third-order valence-corrected chi connectivity index (χ3v) is 7.84. The van der Waals surface area contributed by atoms with Crippen LogP contribution in [0.4, 0.5) is 5.82 Å². The number of thiophene rings is 2. The zero-order valence-corrected chi connectivity index (χ0v) is 19.3. The average Bonchev–Trinajstić information content (AvgIpc) is 3.23. The molecule has 0 amide bonds. The number of Topliss-reactive ketones (excluding diaryl/α,β-unsaturated/α-hetero) is 1. The number of esters is 1. The topological polar surface area (TPSA) is 72.4 Å². The Hall–Kier alpha value is -2.32. The van der Waals surface area contributed by atoms with Gasteiger partial charge in [0.1, 0.15) is 17.0 Å². The van der Waals surface area contributed by atoms with Crippen LogP contribution >= 0.6 is 22.7 Å². The third-order valence-electron chi connectivity index (χ3n) is 5.76. The van der Waals surface area contributed by atoms with E-state index in [1.54, 1.807) is 29.0 Å². The lowest BCUT2D eigenvalue weighted by Gasteiger charge is -2.32. The number of fused-ring (bicyclic) bond motifs is 1. The second-order valence-corrected chi connectivity index (χ2v) is 10.4. The van der Waals surface area contributed by atoms with Gasteiger partial charge in [-0.1, -0.05) is 0 Å². The summed E-state index contributed by atoms with van der Waals surface area (Å²) in [5.41, 5.74) is 1.89. The Labute approximate surface area is 183 Å². The summed E-state index contributed by atoms with van der Waals surface area (Å²) in [7, 11) is 0. The molecule has 1 aliphatic rings. The number of aromatic nitrogens is 2. The lowest BCUT2D eigenvalue weighted by molar-refractivity contribution is -0.148. The number of hydrogen-bond acceptors (Lipinski definition) is 8. The highest BCUT2D eigenvalue weighted by atomic mass is 32.1. The van der Waals surface area contributed by atoms with E-state index < -0.39 is 0 Å². The first kappa shape index (κ1) is 20.9. The molecule has 0 unspecified atom stereocenters. The van der Waals surface area contributed by atoms with Crippen molar-refractivity contribution in [3.05, 3.63) is 38.2 Å². The van der Waals surface area contributed by atoms with Crippen molar-refractivity contribution in [2.45, 2.75) is 40.5 Å². The van der Waals surface area contributed by atoms with E-state index in [4.69, 9.17) is 4.74 Å². The molecule has 0 bridgehead atoms. The van der Waals surface area contributed by atoms with E-state index in [1.807, 2.05) is 19.9 Å². The highest BCUT2D eigenvalue weighted by Crippen LogP contribution is 2.35. The molecule has 1 fully saturated rings. The Kier molecular flexibility index (Phi) is 5.88. The SMILES string of the molecule is Cc1cc(C(=O)COC(=O)C2CCN(c3ncnc4sc(C)c(C)c34)CC2)c(C)s1. The zero-order valence-electron chi connectivity index (χ0n) is 17.7. The first-order chi connectivity index (χ1) is 14.3. The maximum Gasteiger partial charge on any atom is 0.309 e. The highest BCUT2D eigenvalue weighted by Gasteiger charge is 2.29. The maximum atomic E-state index is 12.5. The minimum atomic E-state index is -0.275. The number of carbonyl (C=O) groups excluding carboxylic acids is 2. The van der Waals surface area contributed by atoms with Gasteiger partial charge in [0.15, 0.2) is 6.61 Å². The third kappa shape index (κ3) is 3.98. The summed E-state index contributed by atoms with van der Waals surface area (Å²) >= 11 is 3.27. The summed E-state index contributed by atoms with van der Waals surface area (Å²) in [5.74, 6) is 0.367. The Morgan fingerprint density at radius 1 is 1.10 bits per heavy atom. The van der Waals surface area contributed by atoms with Gasteiger partial charge in [0, 0.05) is 33.3 Å². The fourth-order valence-electron chi connectivity index (χ4n) is 3.97. The normalized spacial score (nSPS) is 15.0. The molecule has 3 aromatic heterocycles. The number of piperidine rings is 1. The monoisotopic (exact) mass is 443 g/mol. The van der Waals surface area contributed by atoms with Crippen molar-refractivity contribution in [2.75, 3.05) is 24.6 Å². The fourth-order valence-corrected chi connectivity index (χ4v) is 5.90. The molecule has 0 radical (unpaired) electrons. The van der Waals surface area contributed by atoms with Crippen LogP contribution in [0.3, 0.4) is 0 Å². The molecule has 0 aromatic carbocycles. The summed E-state index contributed by atoms with van der Waals surface area (Å²) in [5, 5.41) is 1.12. The smallest absolute Gasteiger partial charge is 0.309 e. The summed E-state index contributed by atoms with van der Waals surface area (Å²) in [6.45, 7) is 9.39. The number of anilines is 1. The molecule has 4 heterocycles. The van der Waals surface area contributed by atoms with Crippen LogP contribution in [-0.2, 0) is 9.53 Å². The van der Waals surface area contributed by atoms with Gasteiger partial charge in [0.2, 0.25) is 5.78 Å². The van der Waals surface area contributed by atoms with E-state index in [2.05, 4.69) is 28.7 Å². The summed E-state index contributed by atoms with van der Waals surface area (Å²) in [6, 6.07) is 1.87. The van der Waals surface area contributed by atoms with Gasteiger partial charge in [-0.15, -0.1) is 22.7 Å². The van der Waals surface area contributed by atoms with E-state index in [-0.39, 0.29) is 24.3 Å². The van der Waals surface area contributed by atoms with Crippen LogP contribution in [-0.4, -0.2) is 41.4 Å². The van der Waals surface area contributed by atoms with Crippen molar-refractivity contribution >= 4 is 50.5 Å². The van der Waals surface area contributed by atoms with Crippen molar-refractivity contribution in [3.8, 4) is 0 Å². The first-order valence-corrected chi connectivity index (χ1v) is 11.7. The maximum absolute atomic E-state index is 12.5. The van der Waals surface area contributed by atoms with Gasteiger partial charge in [0.05, 0.1) is 11.3 Å². The number of hydrogen-bond donors (Lipinski definition) is 0. The van der Waals surface area contributed by atoms with E-state index in [0.29, 0.717) is 18.4 Å². The molecular weight excluding hydrogens is 418 g/mol. The molecule has 30 heavy (non-hydrogen) atoms. The Morgan fingerprint density at radius 3 is 2.50 bits per heavy atom. The van der Waals surface area contributed by atoms with Crippen LogP contribution in [0.15, 0.2) is 12.4 Å². The summed E-state index contributed by atoms with van der Waals surface area (Å²) in [4.78, 5) is 40.4. The van der Waals surface area contributed by atoms with Crippen LogP contribution in [0.2, 0.25) is 0 Å². The van der Waals surface area contributed by atoms with Crippen molar-refractivity contribution < 1.29 is 14.3 Å². The fraction of sp³-hybridized carbons (Fsp3) is 0.455. The number of rotatable bonds is 5. The van der Waals surface area contributed by atoms with Crippen LogP contribution < -0.4 is 4.90 Å². The molecular formula is C22H25N3O3S2. The second kappa shape index (κ2) is 8.43. The molecule has 0 spiro atoms. The first-order valence-electron chi connectivity index (χ1n) is 10.1. The number of ether oxygens (including phenoxy) is 1. The molecule has 1 saturated heterocycles. The Bertz CT molecular complexity index is 1110. The molecule has 3 aromatic rings. The Balaban J connectivity index is 1.36. The van der Waals surface area contributed by atoms with E-state index >= 15 is 0 Å².